The molecule has 0 aliphatic carbocycles. The largest absolute Gasteiger partial charge is 0.493 e. The standard InChI is InChI=1S/C13H14O4/c14-12(15)13(7-16-8-13)10-3-4-11-9(6-10)2-1-5-17-11/h3-4,6H,1-2,5,7-8H2,(H,14,15). The molecule has 1 N–H and O–H groups in total. The highest BCUT2D eigenvalue weighted by atomic mass is 16.5. The Balaban J connectivity index is 2.01. The number of aliphatic carboxylic acids is 1. The third kappa shape index (κ3) is 1.52. The summed E-state index contributed by atoms with van der Waals surface area (Å²) in [4.78, 5) is 11.4. The van der Waals surface area contributed by atoms with Gasteiger partial charge in [0, 0.05) is 0 Å². The zero-order valence-corrected chi connectivity index (χ0v) is 9.44. The molecule has 4 nitrogen and oxygen atoms in total. The monoisotopic (exact) mass is 234 g/mol. The molecule has 1 saturated heterocycles. The molecule has 0 aromatic heterocycles. The molecule has 0 amide bonds. The lowest BCUT2D eigenvalue weighted by Crippen LogP contribution is -2.53. The number of hydrogen-bond acceptors (Lipinski definition) is 3. The second-order valence-corrected chi connectivity index (χ2v) is 4.65. The summed E-state index contributed by atoms with van der Waals surface area (Å²) in [6, 6.07) is 5.69. The first-order valence-corrected chi connectivity index (χ1v) is 5.80. The van der Waals surface area contributed by atoms with E-state index in [1.807, 2.05) is 18.2 Å². The van der Waals surface area contributed by atoms with Crippen molar-refractivity contribution in [3.63, 3.8) is 0 Å². The van der Waals surface area contributed by atoms with Gasteiger partial charge in [0.2, 0.25) is 0 Å². The fourth-order valence-corrected chi connectivity index (χ4v) is 2.38. The van der Waals surface area contributed by atoms with Crippen molar-refractivity contribution in [3.05, 3.63) is 29.3 Å². The SMILES string of the molecule is O=C(O)C1(c2ccc3c(c2)CCCO3)COC1. The zero-order valence-electron chi connectivity index (χ0n) is 9.44. The van der Waals surface area contributed by atoms with E-state index in [-0.39, 0.29) is 13.2 Å². The molecule has 3 rings (SSSR count). The molecule has 1 fully saturated rings. The summed E-state index contributed by atoms with van der Waals surface area (Å²) in [6.07, 6.45) is 1.95. The second-order valence-electron chi connectivity index (χ2n) is 4.65. The third-order valence-electron chi connectivity index (χ3n) is 3.57. The molecule has 0 spiro atoms. The van der Waals surface area contributed by atoms with Gasteiger partial charge >= 0.3 is 5.97 Å². The molecular formula is C13H14O4. The second kappa shape index (κ2) is 3.74. The van der Waals surface area contributed by atoms with Crippen LogP contribution in [0.3, 0.4) is 0 Å². The fraction of sp³-hybridized carbons (Fsp3) is 0.462. The smallest absolute Gasteiger partial charge is 0.318 e. The summed E-state index contributed by atoms with van der Waals surface area (Å²) in [6.45, 7) is 1.28. The van der Waals surface area contributed by atoms with Crippen LogP contribution in [0.5, 0.6) is 5.75 Å². The van der Waals surface area contributed by atoms with Crippen LogP contribution in [0.2, 0.25) is 0 Å². The number of hydrogen-bond donors (Lipinski definition) is 1. The van der Waals surface area contributed by atoms with Crippen LogP contribution < -0.4 is 4.74 Å². The lowest BCUT2D eigenvalue weighted by atomic mass is 9.78. The van der Waals surface area contributed by atoms with E-state index in [1.165, 1.54) is 0 Å². The molecule has 4 heteroatoms. The molecular weight excluding hydrogens is 220 g/mol. The Hall–Kier alpha value is -1.55. The highest BCUT2D eigenvalue weighted by Gasteiger charge is 2.48. The lowest BCUT2D eigenvalue weighted by molar-refractivity contribution is -0.163. The Morgan fingerprint density at radius 2 is 2.18 bits per heavy atom. The zero-order chi connectivity index (χ0) is 11.9. The molecule has 0 saturated carbocycles. The van der Waals surface area contributed by atoms with Gasteiger partial charge in [-0.2, -0.15) is 0 Å². The molecule has 0 unspecified atom stereocenters. The Kier molecular flexibility index (Phi) is 2.33. The average Bonchev–Trinajstić information content (AvgIpc) is 2.27. The fourth-order valence-electron chi connectivity index (χ4n) is 2.38. The number of carboxylic acids is 1. The van der Waals surface area contributed by atoms with Crippen molar-refractivity contribution in [3.8, 4) is 5.75 Å². The van der Waals surface area contributed by atoms with Crippen molar-refractivity contribution < 1.29 is 19.4 Å². The third-order valence-corrected chi connectivity index (χ3v) is 3.57. The Morgan fingerprint density at radius 1 is 1.35 bits per heavy atom. The van der Waals surface area contributed by atoms with Crippen LogP contribution in [0.1, 0.15) is 17.5 Å². The average molecular weight is 234 g/mol. The predicted molar refractivity (Wildman–Crippen MR) is 60.4 cm³/mol. The maximum absolute atomic E-state index is 11.4. The molecule has 0 atom stereocenters. The number of rotatable bonds is 2. The molecule has 0 radical (unpaired) electrons. The highest BCUT2D eigenvalue weighted by Crippen LogP contribution is 2.36. The quantitative estimate of drug-likeness (QED) is 0.839. The highest BCUT2D eigenvalue weighted by molar-refractivity contribution is 5.83. The van der Waals surface area contributed by atoms with Crippen molar-refractivity contribution >= 4 is 5.97 Å². The van der Waals surface area contributed by atoms with E-state index in [0.29, 0.717) is 0 Å². The van der Waals surface area contributed by atoms with E-state index in [2.05, 4.69) is 0 Å². The van der Waals surface area contributed by atoms with E-state index >= 15 is 0 Å². The normalized spacial score (nSPS) is 20.9. The van der Waals surface area contributed by atoms with E-state index < -0.39 is 11.4 Å². The molecule has 2 heterocycles. The van der Waals surface area contributed by atoms with Crippen LogP contribution in [0, 0.1) is 0 Å². The number of carbonyl (C=O) groups is 1. The van der Waals surface area contributed by atoms with Gasteiger partial charge in [0.25, 0.3) is 0 Å². The Labute approximate surface area is 99.2 Å². The molecule has 1 aromatic rings. The summed E-state index contributed by atoms with van der Waals surface area (Å²) in [5.74, 6) is 0.0845. The minimum Gasteiger partial charge on any atom is -0.493 e. The minimum atomic E-state index is -0.841. The molecule has 2 aliphatic rings. The summed E-state index contributed by atoms with van der Waals surface area (Å²) >= 11 is 0. The van der Waals surface area contributed by atoms with Gasteiger partial charge in [-0.05, 0) is 30.0 Å². The number of aryl methyl sites for hydroxylation is 1. The van der Waals surface area contributed by atoms with Gasteiger partial charge in [-0.15, -0.1) is 0 Å². The maximum atomic E-state index is 11.4. The van der Waals surface area contributed by atoms with Crippen molar-refractivity contribution in [2.24, 2.45) is 0 Å². The molecule has 90 valence electrons. The lowest BCUT2D eigenvalue weighted by Gasteiger charge is -2.38. The first-order chi connectivity index (χ1) is 8.22. The van der Waals surface area contributed by atoms with E-state index in [4.69, 9.17) is 9.47 Å². The van der Waals surface area contributed by atoms with Crippen LogP contribution in [0.15, 0.2) is 18.2 Å². The minimum absolute atomic E-state index is 0.266. The van der Waals surface area contributed by atoms with E-state index in [9.17, 15) is 9.90 Å². The molecule has 17 heavy (non-hydrogen) atoms. The van der Waals surface area contributed by atoms with Crippen molar-refractivity contribution in [1.29, 1.82) is 0 Å². The number of ether oxygens (including phenoxy) is 2. The van der Waals surface area contributed by atoms with Crippen molar-refractivity contribution in [2.75, 3.05) is 19.8 Å². The van der Waals surface area contributed by atoms with Crippen molar-refractivity contribution in [2.45, 2.75) is 18.3 Å². The Morgan fingerprint density at radius 3 is 2.82 bits per heavy atom. The number of fused-ring (bicyclic) bond motifs is 1. The van der Waals surface area contributed by atoms with E-state index in [0.717, 1.165) is 36.3 Å². The molecule has 2 aliphatic heterocycles. The van der Waals surface area contributed by atoms with Gasteiger partial charge in [-0.25, -0.2) is 0 Å². The predicted octanol–water partition coefficient (Wildman–Crippen LogP) is 1.36. The van der Waals surface area contributed by atoms with Gasteiger partial charge < -0.3 is 14.6 Å². The maximum Gasteiger partial charge on any atom is 0.318 e. The van der Waals surface area contributed by atoms with E-state index in [1.54, 1.807) is 0 Å². The van der Waals surface area contributed by atoms with Gasteiger partial charge in [-0.1, -0.05) is 12.1 Å². The number of carboxylic acid groups (broad SMARTS) is 1. The van der Waals surface area contributed by atoms with Crippen LogP contribution >= 0.6 is 0 Å². The Bertz CT molecular complexity index is 462. The first-order valence-electron chi connectivity index (χ1n) is 5.80. The van der Waals surface area contributed by atoms with Crippen molar-refractivity contribution in [1.82, 2.24) is 0 Å². The van der Waals surface area contributed by atoms with Crippen LogP contribution in [0.4, 0.5) is 0 Å². The van der Waals surface area contributed by atoms with Gasteiger partial charge in [0.1, 0.15) is 11.2 Å². The first kappa shape index (κ1) is 10.6. The number of benzene rings is 1. The van der Waals surface area contributed by atoms with Gasteiger partial charge in [-0.3, -0.25) is 4.79 Å². The topological polar surface area (TPSA) is 55.8 Å². The van der Waals surface area contributed by atoms with Gasteiger partial charge in [0.15, 0.2) is 0 Å². The molecule has 1 aromatic carbocycles. The van der Waals surface area contributed by atoms with Crippen LogP contribution in [-0.4, -0.2) is 30.9 Å². The van der Waals surface area contributed by atoms with Gasteiger partial charge in [0.05, 0.1) is 19.8 Å². The van der Waals surface area contributed by atoms with Crippen LogP contribution in [-0.2, 0) is 21.4 Å². The van der Waals surface area contributed by atoms with Crippen LogP contribution in [0.25, 0.3) is 0 Å². The molecule has 0 bridgehead atoms. The summed E-state index contributed by atoms with van der Waals surface area (Å²) < 4.78 is 10.6. The summed E-state index contributed by atoms with van der Waals surface area (Å²) in [7, 11) is 0. The summed E-state index contributed by atoms with van der Waals surface area (Å²) in [5.41, 5.74) is 1.11. The summed E-state index contributed by atoms with van der Waals surface area (Å²) in [5, 5.41) is 9.33.